The van der Waals surface area contributed by atoms with E-state index in [9.17, 15) is 9.59 Å². The normalized spacial score (nSPS) is 16.1. The number of benzene rings is 1. The third-order valence-corrected chi connectivity index (χ3v) is 3.95. The molecule has 1 amide bonds. The van der Waals surface area contributed by atoms with Gasteiger partial charge in [-0.3, -0.25) is 4.79 Å². The molecule has 1 heterocycles. The number of amides is 1. The number of piperazine rings is 1. The number of anilines is 1. The highest BCUT2D eigenvalue weighted by Crippen LogP contribution is 2.16. The second kappa shape index (κ2) is 8.64. The Kier molecular flexibility index (Phi) is 6.55. The van der Waals surface area contributed by atoms with Gasteiger partial charge in [0, 0.05) is 39.1 Å². The van der Waals surface area contributed by atoms with Crippen LogP contribution in [0.2, 0.25) is 0 Å². The number of ether oxygens (including phenoxy) is 1. The van der Waals surface area contributed by atoms with E-state index in [0.29, 0.717) is 24.3 Å². The molecule has 0 atom stereocenters. The fourth-order valence-corrected chi connectivity index (χ4v) is 2.52. The average molecular weight is 319 g/mol. The van der Waals surface area contributed by atoms with Crippen LogP contribution in [0.5, 0.6) is 0 Å². The molecule has 126 valence electrons. The maximum Gasteiger partial charge on any atom is 0.340 e. The van der Waals surface area contributed by atoms with Crippen molar-refractivity contribution in [1.29, 1.82) is 0 Å². The van der Waals surface area contributed by atoms with E-state index in [2.05, 4.69) is 22.2 Å². The first-order chi connectivity index (χ1) is 11.1. The second-order valence-electron chi connectivity index (χ2n) is 5.71. The number of hydrogen-bond donors (Lipinski definition) is 1. The van der Waals surface area contributed by atoms with Crippen molar-refractivity contribution in [2.75, 3.05) is 51.7 Å². The third-order valence-electron chi connectivity index (χ3n) is 3.95. The van der Waals surface area contributed by atoms with Gasteiger partial charge in [0.1, 0.15) is 0 Å². The molecule has 23 heavy (non-hydrogen) atoms. The predicted molar refractivity (Wildman–Crippen MR) is 89.6 cm³/mol. The lowest BCUT2D eigenvalue weighted by Crippen LogP contribution is -2.45. The maximum atomic E-state index is 12.2. The highest BCUT2D eigenvalue weighted by atomic mass is 16.5. The summed E-state index contributed by atoms with van der Waals surface area (Å²) in [5, 5.41) is 2.82. The van der Waals surface area contributed by atoms with Gasteiger partial charge in [-0.05, 0) is 26.1 Å². The summed E-state index contributed by atoms with van der Waals surface area (Å²) < 4.78 is 5.01. The number of esters is 1. The Balaban J connectivity index is 1.86. The molecule has 0 aliphatic carbocycles. The highest BCUT2D eigenvalue weighted by Gasteiger charge is 2.16. The first-order valence-electron chi connectivity index (χ1n) is 8.07. The van der Waals surface area contributed by atoms with Crippen LogP contribution in [0.3, 0.4) is 0 Å². The molecular formula is C17H25N3O3. The molecule has 1 aliphatic rings. The number of hydrogen-bond acceptors (Lipinski definition) is 5. The van der Waals surface area contributed by atoms with Gasteiger partial charge >= 0.3 is 5.97 Å². The second-order valence-corrected chi connectivity index (χ2v) is 5.71. The van der Waals surface area contributed by atoms with E-state index in [1.54, 1.807) is 31.2 Å². The first-order valence-corrected chi connectivity index (χ1v) is 8.07. The Hall–Kier alpha value is -1.92. The molecular weight excluding hydrogens is 294 g/mol. The molecule has 1 aromatic carbocycles. The Bertz CT molecular complexity index is 540. The summed E-state index contributed by atoms with van der Waals surface area (Å²) in [4.78, 5) is 28.6. The summed E-state index contributed by atoms with van der Waals surface area (Å²) in [6, 6.07) is 6.93. The lowest BCUT2D eigenvalue weighted by atomic mass is 10.1. The van der Waals surface area contributed by atoms with Crippen LogP contribution < -0.4 is 5.32 Å². The number of carbonyl (C=O) groups excluding carboxylic acids is 2. The van der Waals surface area contributed by atoms with Crippen molar-refractivity contribution in [3.63, 3.8) is 0 Å². The molecule has 1 aromatic rings. The number of para-hydroxylation sites is 1. The molecule has 6 heteroatoms. The van der Waals surface area contributed by atoms with Gasteiger partial charge in [-0.15, -0.1) is 0 Å². The Morgan fingerprint density at radius 2 is 1.87 bits per heavy atom. The minimum Gasteiger partial charge on any atom is -0.462 e. The lowest BCUT2D eigenvalue weighted by molar-refractivity contribution is -0.116. The molecule has 1 aliphatic heterocycles. The molecule has 0 bridgehead atoms. The summed E-state index contributed by atoms with van der Waals surface area (Å²) >= 11 is 0. The zero-order chi connectivity index (χ0) is 16.7. The molecule has 0 saturated carbocycles. The van der Waals surface area contributed by atoms with Crippen molar-refractivity contribution in [1.82, 2.24) is 9.80 Å². The van der Waals surface area contributed by atoms with E-state index in [4.69, 9.17) is 4.74 Å². The highest BCUT2D eigenvalue weighted by molar-refractivity contribution is 6.01. The van der Waals surface area contributed by atoms with Crippen molar-refractivity contribution in [2.24, 2.45) is 0 Å². The van der Waals surface area contributed by atoms with Crippen molar-refractivity contribution in [3.8, 4) is 0 Å². The predicted octanol–water partition coefficient (Wildman–Crippen LogP) is 1.44. The molecule has 1 N–H and O–H groups in total. The number of carbonyl (C=O) groups is 2. The van der Waals surface area contributed by atoms with Crippen molar-refractivity contribution >= 4 is 17.6 Å². The van der Waals surface area contributed by atoms with Gasteiger partial charge < -0.3 is 19.9 Å². The molecule has 0 radical (unpaired) electrons. The van der Waals surface area contributed by atoms with Gasteiger partial charge in [0.05, 0.1) is 17.9 Å². The first kappa shape index (κ1) is 17.4. The summed E-state index contributed by atoms with van der Waals surface area (Å²) in [6.07, 6.45) is 0.418. The Labute approximate surface area is 137 Å². The van der Waals surface area contributed by atoms with Crippen LogP contribution in [-0.4, -0.2) is 68.1 Å². The van der Waals surface area contributed by atoms with Crippen molar-refractivity contribution in [2.45, 2.75) is 13.3 Å². The summed E-state index contributed by atoms with van der Waals surface area (Å²) in [5.74, 6) is -0.497. The summed E-state index contributed by atoms with van der Waals surface area (Å²) in [5.41, 5.74) is 0.900. The summed E-state index contributed by atoms with van der Waals surface area (Å²) in [6.45, 7) is 6.86. The SMILES string of the molecule is CCOC(=O)c1ccccc1NC(=O)CCN1CCN(C)CC1. The van der Waals surface area contributed by atoms with E-state index in [0.717, 1.165) is 32.7 Å². The lowest BCUT2D eigenvalue weighted by Gasteiger charge is -2.32. The largest absolute Gasteiger partial charge is 0.462 e. The van der Waals surface area contributed by atoms with Gasteiger partial charge in [-0.1, -0.05) is 12.1 Å². The van der Waals surface area contributed by atoms with E-state index in [1.807, 2.05) is 0 Å². The van der Waals surface area contributed by atoms with Crippen molar-refractivity contribution in [3.05, 3.63) is 29.8 Å². The van der Waals surface area contributed by atoms with Crippen molar-refractivity contribution < 1.29 is 14.3 Å². The van der Waals surface area contributed by atoms with Crippen LogP contribution in [0.1, 0.15) is 23.7 Å². The van der Waals surface area contributed by atoms with Crippen LogP contribution in [0.15, 0.2) is 24.3 Å². The quantitative estimate of drug-likeness (QED) is 0.804. The van der Waals surface area contributed by atoms with E-state index in [1.165, 1.54) is 0 Å². The zero-order valence-electron chi connectivity index (χ0n) is 13.9. The van der Waals surface area contributed by atoms with Gasteiger partial charge in [-0.25, -0.2) is 4.79 Å². The minimum atomic E-state index is -0.414. The van der Waals surface area contributed by atoms with E-state index in [-0.39, 0.29) is 5.91 Å². The van der Waals surface area contributed by atoms with Crippen LogP contribution >= 0.6 is 0 Å². The topological polar surface area (TPSA) is 61.9 Å². The van der Waals surface area contributed by atoms with Gasteiger partial charge in [-0.2, -0.15) is 0 Å². The number of rotatable bonds is 6. The van der Waals surface area contributed by atoms with Gasteiger partial charge in [0.25, 0.3) is 0 Å². The number of nitrogens with one attached hydrogen (secondary N) is 1. The molecule has 2 rings (SSSR count). The molecule has 0 unspecified atom stereocenters. The monoisotopic (exact) mass is 319 g/mol. The van der Waals surface area contributed by atoms with Gasteiger partial charge in [0.15, 0.2) is 0 Å². The Morgan fingerprint density at radius 1 is 1.17 bits per heavy atom. The smallest absolute Gasteiger partial charge is 0.340 e. The molecule has 1 fully saturated rings. The fraction of sp³-hybridized carbons (Fsp3) is 0.529. The third kappa shape index (κ3) is 5.33. The summed E-state index contributed by atoms with van der Waals surface area (Å²) in [7, 11) is 2.11. The molecule has 6 nitrogen and oxygen atoms in total. The number of likely N-dealkylation sites (N-methyl/N-ethyl adjacent to an activating group) is 1. The zero-order valence-corrected chi connectivity index (χ0v) is 13.9. The average Bonchev–Trinajstić information content (AvgIpc) is 2.55. The van der Waals surface area contributed by atoms with Crippen LogP contribution in [-0.2, 0) is 9.53 Å². The number of nitrogens with zero attached hydrogens (tertiary/aromatic N) is 2. The maximum absolute atomic E-state index is 12.2. The van der Waals surface area contributed by atoms with E-state index >= 15 is 0 Å². The Morgan fingerprint density at radius 3 is 2.57 bits per heavy atom. The van der Waals surface area contributed by atoms with E-state index < -0.39 is 5.97 Å². The molecule has 0 aromatic heterocycles. The fourth-order valence-electron chi connectivity index (χ4n) is 2.52. The van der Waals surface area contributed by atoms with Crippen LogP contribution in [0.4, 0.5) is 5.69 Å². The minimum absolute atomic E-state index is 0.0827. The van der Waals surface area contributed by atoms with Gasteiger partial charge in [0.2, 0.25) is 5.91 Å². The molecule has 0 spiro atoms. The van der Waals surface area contributed by atoms with Crippen LogP contribution in [0, 0.1) is 0 Å². The van der Waals surface area contributed by atoms with Crippen LogP contribution in [0.25, 0.3) is 0 Å². The standard InChI is InChI=1S/C17H25N3O3/c1-3-23-17(22)14-6-4-5-7-15(14)18-16(21)8-9-20-12-10-19(2)11-13-20/h4-7H,3,8-13H2,1-2H3,(H,18,21). The molecule has 1 saturated heterocycles.